The van der Waals surface area contributed by atoms with Crippen molar-refractivity contribution in [3.05, 3.63) is 52.1 Å². The van der Waals surface area contributed by atoms with E-state index < -0.39 is 0 Å². The van der Waals surface area contributed by atoms with Crippen LogP contribution in [0.1, 0.15) is 21.5 Å². The lowest BCUT2D eigenvalue weighted by Gasteiger charge is -2.15. The zero-order valence-electron chi connectivity index (χ0n) is 12.1. The third-order valence-electron chi connectivity index (χ3n) is 3.39. The normalized spacial score (nSPS) is 11.0. The first-order valence-electron chi connectivity index (χ1n) is 6.88. The zero-order chi connectivity index (χ0) is 15.5. The van der Waals surface area contributed by atoms with Crippen LogP contribution in [0.2, 0.25) is 0 Å². The van der Waals surface area contributed by atoms with Crippen molar-refractivity contribution in [3.63, 3.8) is 0 Å². The molecule has 3 aromatic heterocycles. The van der Waals surface area contributed by atoms with Crippen molar-refractivity contribution in [2.45, 2.75) is 13.0 Å². The van der Waals surface area contributed by atoms with Crippen molar-refractivity contribution in [2.75, 3.05) is 13.7 Å². The van der Waals surface area contributed by atoms with Crippen LogP contribution in [-0.4, -0.2) is 44.2 Å². The van der Waals surface area contributed by atoms with E-state index in [0.717, 1.165) is 11.1 Å². The average Bonchev–Trinajstić information content (AvgIpc) is 3.15. The van der Waals surface area contributed by atoms with Crippen molar-refractivity contribution in [1.29, 1.82) is 0 Å². The van der Waals surface area contributed by atoms with Gasteiger partial charge in [-0.3, -0.25) is 4.79 Å². The Hall–Kier alpha value is -2.25. The summed E-state index contributed by atoms with van der Waals surface area (Å²) in [6.07, 6.45) is 5.51. The molecule has 114 valence electrons. The molecule has 0 saturated carbocycles. The van der Waals surface area contributed by atoms with Gasteiger partial charge in [-0.25, -0.2) is 9.50 Å². The number of thiophene rings is 1. The monoisotopic (exact) mass is 316 g/mol. The van der Waals surface area contributed by atoms with Gasteiger partial charge in [0.05, 0.1) is 6.20 Å². The van der Waals surface area contributed by atoms with E-state index in [2.05, 4.69) is 10.1 Å². The summed E-state index contributed by atoms with van der Waals surface area (Å²) in [5, 5.41) is 17.2. The van der Waals surface area contributed by atoms with Crippen LogP contribution in [0, 0.1) is 0 Å². The summed E-state index contributed by atoms with van der Waals surface area (Å²) in [4.78, 5) is 18.5. The Kier molecular flexibility index (Phi) is 4.17. The summed E-state index contributed by atoms with van der Waals surface area (Å²) in [5.41, 5.74) is 3.00. The van der Waals surface area contributed by atoms with Crippen molar-refractivity contribution < 1.29 is 9.90 Å². The molecule has 0 aliphatic rings. The maximum absolute atomic E-state index is 12.6. The molecule has 0 aromatic carbocycles. The molecular formula is C15H16N4O2S. The first-order chi connectivity index (χ1) is 10.7. The fourth-order valence-electron chi connectivity index (χ4n) is 2.26. The van der Waals surface area contributed by atoms with Crippen molar-refractivity contribution in [3.8, 4) is 0 Å². The molecule has 0 aliphatic heterocycles. The Morgan fingerprint density at radius 3 is 3.00 bits per heavy atom. The summed E-state index contributed by atoms with van der Waals surface area (Å²) < 4.78 is 1.58. The highest BCUT2D eigenvalue weighted by Crippen LogP contribution is 2.14. The van der Waals surface area contributed by atoms with E-state index in [-0.39, 0.29) is 12.5 Å². The van der Waals surface area contributed by atoms with E-state index >= 15 is 0 Å². The number of amides is 1. The fourth-order valence-corrected chi connectivity index (χ4v) is 2.92. The smallest absolute Gasteiger partial charge is 0.259 e. The van der Waals surface area contributed by atoms with Gasteiger partial charge < -0.3 is 10.0 Å². The molecule has 0 unspecified atom stereocenters. The van der Waals surface area contributed by atoms with Crippen molar-refractivity contribution in [2.24, 2.45) is 0 Å². The SMILES string of the molecule is CN(Cc1ccsc1)C(=O)c1cnn2cc(CCO)cnc12. The summed E-state index contributed by atoms with van der Waals surface area (Å²) in [7, 11) is 1.77. The third-order valence-corrected chi connectivity index (χ3v) is 4.12. The predicted octanol–water partition coefficient (Wildman–Crippen LogP) is 1.60. The maximum atomic E-state index is 12.6. The molecule has 3 aromatic rings. The van der Waals surface area contributed by atoms with Gasteiger partial charge in [-0.05, 0) is 34.4 Å². The van der Waals surface area contributed by atoms with Gasteiger partial charge in [-0.2, -0.15) is 16.4 Å². The molecule has 7 heteroatoms. The molecule has 0 bridgehead atoms. The fraction of sp³-hybridized carbons (Fsp3) is 0.267. The Bertz CT molecular complexity index is 782. The Balaban J connectivity index is 1.84. The van der Waals surface area contributed by atoms with E-state index in [1.165, 1.54) is 6.20 Å². The molecular weight excluding hydrogens is 300 g/mol. The van der Waals surface area contributed by atoms with Crippen LogP contribution >= 0.6 is 11.3 Å². The molecule has 0 spiro atoms. The number of rotatable bonds is 5. The van der Waals surface area contributed by atoms with E-state index in [9.17, 15) is 4.79 Å². The van der Waals surface area contributed by atoms with Gasteiger partial charge in [-0.1, -0.05) is 0 Å². The van der Waals surface area contributed by atoms with E-state index in [0.29, 0.717) is 24.2 Å². The number of aliphatic hydroxyl groups is 1. The van der Waals surface area contributed by atoms with Crippen LogP contribution < -0.4 is 0 Å². The molecule has 0 fully saturated rings. The number of aromatic nitrogens is 3. The average molecular weight is 316 g/mol. The molecule has 1 N–H and O–H groups in total. The Labute approximate surface area is 131 Å². The lowest BCUT2D eigenvalue weighted by Crippen LogP contribution is -2.26. The summed E-state index contributed by atoms with van der Waals surface area (Å²) in [6.45, 7) is 0.617. The number of hydrogen-bond donors (Lipinski definition) is 1. The van der Waals surface area contributed by atoms with Crippen LogP contribution in [0.4, 0.5) is 0 Å². The van der Waals surface area contributed by atoms with Crippen molar-refractivity contribution in [1.82, 2.24) is 19.5 Å². The lowest BCUT2D eigenvalue weighted by atomic mass is 10.2. The van der Waals surface area contributed by atoms with E-state index in [1.807, 2.05) is 16.8 Å². The predicted molar refractivity (Wildman–Crippen MR) is 83.9 cm³/mol. The standard InChI is InChI=1S/C15H16N4O2S/c1-18(8-12-3-5-22-10-12)15(21)13-7-17-19-9-11(2-4-20)6-16-14(13)19/h3,5-7,9-10,20H,2,4,8H2,1H3. The van der Waals surface area contributed by atoms with Gasteiger partial charge in [0.25, 0.3) is 5.91 Å². The minimum atomic E-state index is -0.108. The van der Waals surface area contributed by atoms with Gasteiger partial charge in [0, 0.05) is 32.6 Å². The molecule has 22 heavy (non-hydrogen) atoms. The van der Waals surface area contributed by atoms with E-state index in [1.54, 1.807) is 40.2 Å². The minimum absolute atomic E-state index is 0.0591. The number of carbonyl (C=O) groups is 1. The summed E-state index contributed by atoms with van der Waals surface area (Å²) >= 11 is 1.61. The van der Waals surface area contributed by atoms with Crippen LogP contribution in [0.3, 0.4) is 0 Å². The van der Waals surface area contributed by atoms with Crippen molar-refractivity contribution >= 4 is 22.9 Å². The van der Waals surface area contributed by atoms with E-state index in [4.69, 9.17) is 5.11 Å². The molecule has 3 rings (SSSR count). The molecule has 0 atom stereocenters. The minimum Gasteiger partial charge on any atom is -0.396 e. The number of hydrogen-bond acceptors (Lipinski definition) is 5. The Morgan fingerprint density at radius 1 is 1.41 bits per heavy atom. The number of fused-ring (bicyclic) bond motifs is 1. The number of nitrogens with zero attached hydrogens (tertiary/aromatic N) is 4. The summed E-state index contributed by atoms with van der Waals surface area (Å²) in [6, 6.07) is 2.00. The Morgan fingerprint density at radius 2 is 2.27 bits per heavy atom. The van der Waals surface area contributed by atoms with Crippen LogP contribution in [0.5, 0.6) is 0 Å². The molecule has 0 saturated heterocycles. The zero-order valence-corrected chi connectivity index (χ0v) is 13.0. The largest absolute Gasteiger partial charge is 0.396 e. The van der Waals surface area contributed by atoms with Gasteiger partial charge in [-0.15, -0.1) is 0 Å². The van der Waals surface area contributed by atoms with Gasteiger partial charge in [0.2, 0.25) is 0 Å². The van der Waals surface area contributed by atoms with Crippen LogP contribution in [0.15, 0.2) is 35.4 Å². The van der Waals surface area contributed by atoms with Gasteiger partial charge in [0.1, 0.15) is 5.56 Å². The molecule has 6 nitrogen and oxygen atoms in total. The second kappa shape index (κ2) is 6.25. The highest BCUT2D eigenvalue weighted by atomic mass is 32.1. The second-order valence-corrected chi connectivity index (χ2v) is 5.84. The highest BCUT2D eigenvalue weighted by molar-refractivity contribution is 7.07. The van der Waals surface area contributed by atoms with Gasteiger partial charge in [0.15, 0.2) is 5.65 Å². The topological polar surface area (TPSA) is 70.7 Å². The molecule has 3 heterocycles. The van der Waals surface area contributed by atoms with Gasteiger partial charge >= 0.3 is 0 Å². The van der Waals surface area contributed by atoms with Crippen LogP contribution in [-0.2, 0) is 13.0 Å². The quantitative estimate of drug-likeness (QED) is 0.776. The highest BCUT2D eigenvalue weighted by Gasteiger charge is 2.18. The maximum Gasteiger partial charge on any atom is 0.259 e. The lowest BCUT2D eigenvalue weighted by molar-refractivity contribution is 0.0787. The van der Waals surface area contributed by atoms with Crippen LogP contribution in [0.25, 0.3) is 5.65 Å². The summed E-state index contributed by atoms with van der Waals surface area (Å²) in [5.74, 6) is -0.108. The molecule has 0 aliphatic carbocycles. The number of carbonyl (C=O) groups excluding carboxylic acids is 1. The molecule has 0 radical (unpaired) electrons. The second-order valence-electron chi connectivity index (χ2n) is 5.06. The molecule has 1 amide bonds. The third kappa shape index (κ3) is 2.86. The number of aliphatic hydroxyl groups excluding tert-OH is 1. The first kappa shape index (κ1) is 14.7. The first-order valence-corrected chi connectivity index (χ1v) is 7.83.